The summed E-state index contributed by atoms with van der Waals surface area (Å²) in [6.07, 6.45) is 0. The fraction of sp³-hybridized carbons (Fsp3) is 0.286. The highest BCUT2D eigenvalue weighted by atomic mass is 35.5. The highest BCUT2D eigenvalue weighted by Crippen LogP contribution is 2.36. The molecule has 0 bridgehead atoms. The molecule has 3 aromatic rings. The zero-order chi connectivity index (χ0) is 30.5. The number of sulfonamides is 1. The summed E-state index contributed by atoms with van der Waals surface area (Å²) in [5.74, 6) is -1.05. The Kier molecular flexibility index (Phi) is 9.95. The van der Waals surface area contributed by atoms with Crippen molar-refractivity contribution in [1.82, 2.24) is 10.2 Å². The average Bonchev–Trinajstić information content (AvgIpc) is 2.94. The number of likely N-dealkylation sites (N-methyl/N-ethyl adjacent to an activating group) is 1. The number of hydrogen-bond acceptors (Lipinski definition) is 7. The Morgan fingerprint density at radius 1 is 1.07 bits per heavy atom. The Morgan fingerprint density at radius 3 is 2.37 bits per heavy atom. The van der Waals surface area contributed by atoms with Gasteiger partial charge in [0.2, 0.25) is 11.8 Å². The van der Waals surface area contributed by atoms with Gasteiger partial charge in [-0.15, -0.1) is 0 Å². The first-order chi connectivity index (χ1) is 19.3. The van der Waals surface area contributed by atoms with E-state index in [2.05, 4.69) is 5.32 Å². The molecule has 0 saturated heterocycles. The van der Waals surface area contributed by atoms with Crippen LogP contribution in [0.2, 0.25) is 5.02 Å². The molecule has 0 spiro atoms. The summed E-state index contributed by atoms with van der Waals surface area (Å²) in [4.78, 5) is 38.4. The lowest BCUT2D eigenvalue weighted by Crippen LogP contribution is -2.50. The molecule has 13 heteroatoms. The zero-order valence-corrected chi connectivity index (χ0v) is 24.8. The van der Waals surface area contributed by atoms with Gasteiger partial charge < -0.3 is 15.0 Å². The molecular weight excluding hydrogens is 572 g/mol. The van der Waals surface area contributed by atoms with Crippen LogP contribution in [0.3, 0.4) is 0 Å². The van der Waals surface area contributed by atoms with Crippen molar-refractivity contribution in [2.75, 3.05) is 25.0 Å². The van der Waals surface area contributed by atoms with Gasteiger partial charge in [0.05, 0.1) is 22.6 Å². The van der Waals surface area contributed by atoms with Gasteiger partial charge in [0.15, 0.2) is 0 Å². The maximum Gasteiger partial charge on any atom is 0.273 e. The second kappa shape index (κ2) is 13.0. The molecule has 3 rings (SSSR count). The van der Waals surface area contributed by atoms with Crippen LogP contribution in [0.25, 0.3) is 0 Å². The second-order valence-corrected chi connectivity index (χ2v) is 11.6. The maximum absolute atomic E-state index is 14.1. The summed E-state index contributed by atoms with van der Waals surface area (Å²) >= 11 is 6.22. The van der Waals surface area contributed by atoms with Gasteiger partial charge in [0.25, 0.3) is 15.7 Å². The smallest absolute Gasteiger partial charge is 0.273 e. The monoisotopic (exact) mass is 602 g/mol. The van der Waals surface area contributed by atoms with Crippen molar-refractivity contribution < 1.29 is 27.7 Å². The number of nitrogens with zero attached hydrogens (tertiary/aromatic N) is 3. The highest BCUT2D eigenvalue weighted by Gasteiger charge is 2.34. The number of carbonyl (C=O) groups is 2. The van der Waals surface area contributed by atoms with Crippen molar-refractivity contribution >= 4 is 44.8 Å². The van der Waals surface area contributed by atoms with Crippen LogP contribution in [-0.2, 0) is 26.2 Å². The average molecular weight is 603 g/mol. The third-order valence-electron chi connectivity index (χ3n) is 6.67. The topological polar surface area (TPSA) is 139 Å². The molecule has 0 aliphatic heterocycles. The fourth-order valence-corrected chi connectivity index (χ4v) is 5.81. The molecular formula is C28H31ClN4O7S. The minimum atomic E-state index is -4.60. The number of halogens is 1. The van der Waals surface area contributed by atoms with Crippen LogP contribution in [0.1, 0.15) is 23.6 Å². The number of hydrogen-bond donors (Lipinski definition) is 1. The van der Waals surface area contributed by atoms with Gasteiger partial charge in [-0.2, -0.15) is 0 Å². The number of anilines is 1. The van der Waals surface area contributed by atoms with Crippen LogP contribution in [-0.4, -0.2) is 56.8 Å². The molecule has 0 aliphatic carbocycles. The Balaban J connectivity index is 2.18. The summed E-state index contributed by atoms with van der Waals surface area (Å²) in [5.41, 5.74) is 1.45. The van der Waals surface area contributed by atoms with E-state index in [1.165, 1.54) is 63.2 Å². The van der Waals surface area contributed by atoms with Gasteiger partial charge >= 0.3 is 0 Å². The largest absolute Gasteiger partial charge is 0.495 e. The third kappa shape index (κ3) is 6.95. The molecule has 0 saturated carbocycles. The van der Waals surface area contributed by atoms with Crippen molar-refractivity contribution in [1.29, 1.82) is 0 Å². The standard InChI is InChI=1S/C28H31ClN4O7S/c1-18-8-6-7-9-21(18)16-31(20(3)28(35)30-4)27(34)17-32(25-14-22(29)11-13-26(25)40-5)41(38,39)23-12-10-19(2)24(15-23)33(36)37/h6-15,20H,16-17H2,1-5H3,(H,30,35)/t20-/m1/s1. The first kappa shape index (κ1) is 31.4. The van der Waals surface area contributed by atoms with Crippen molar-refractivity contribution in [2.45, 2.75) is 38.3 Å². The van der Waals surface area contributed by atoms with E-state index in [1.807, 2.05) is 25.1 Å². The highest BCUT2D eigenvalue weighted by molar-refractivity contribution is 7.92. The van der Waals surface area contributed by atoms with Gasteiger partial charge in [-0.1, -0.05) is 41.9 Å². The van der Waals surface area contributed by atoms with Gasteiger partial charge in [0, 0.05) is 30.2 Å². The molecule has 1 N–H and O–H groups in total. The number of nitro groups is 1. The zero-order valence-electron chi connectivity index (χ0n) is 23.3. The fourth-order valence-electron chi connectivity index (χ4n) is 4.21. The van der Waals surface area contributed by atoms with E-state index in [1.54, 1.807) is 6.07 Å². The second-order valence-electron chi connectivity index (χ2n) is 9.27. The molecule has 0 radical (unpaired) electrons. The molecule has 1 atom stereocenters. The van der Waals surface area contributed by atoms with E-state index >= 15 is 0 Å². The van der Waals surface area contributed by atoms with Crippen LogP contribution < -0.4 is 14.4 Å². The number of amides is 2. The van der Waals surface area contributed by atoms with Crippen LogP contribution in [0.15, 0.2) is 65.6 Å². The summed E-state index contributed by atoms with van der Waals surface area (Å²) in [5, 5.41) is 14.3. The Bertz CT molecular complexity index is 1580. The van der Waals surface area contributed by atoms with Gasteiger partial charge in [0.1, 0.15) is 18.3 Å². The number of methoxy groups -OCH3 is 1. The summed E-state index contributed by atoms with van der Waals surface area (Å²) in [6.45, 7) is 4.15. The number of nitrogens with one attached hydrogen (secondary N) is 1. The number of benzene rings is 3. The molecule has 41 heavy (non-hydrogen) atoms. The molecule has 11 nitrogen and oxygen atoms in total. The van der Waals surface area contributed by atoms with E-state index in [0.29, 0.717) is 0 Å². The number of ether oxygens (including phenoxy) is 1. The number of rotatable bonds is 11. The summed E-state index contributed by atoms with van der Waals surface area (Å²) < 4.78 is 34.3. The minimum absolute atomic E-state index is 0.0245. The van der Waals surface area contributed by atoms with Crippen molar-refractivity contribution in [3.05, 3.63) is 92.5 Å². The van der Waals surface area contributed by atoms with Crippen LogP contribution >= 0.6 is 11.6 Å². The van der Waals surface area contributed by atoms with E-state index in [0.717, 1.165) is 21.5 Å². The molecule has 0 aliphatic rings. The Morgan fingerprint density at radius 2 is 1.76 bits per heavy atom. The molecule has 3 aromatic carbocycles. The van der Waals surface area contributed by atoms with Crippen LogP contribution in [0.4, 0.5) is 11.4 Å². The Hall–Kier alpha value is -4.16. The van der Waals surface area contributed by atoms with Crippen LogP contribution in [0, 0.1) is 24.0 Å². The first-order valence-electron chi connectivity index (χ1n) is 12.5. The molecule has 218 valence electrons. The molecule has 0 heterocycles. The lowest BCUT2D eigenvalue weighted by Gasteiger charge is -2.32. The van der Waals surface area contributed by atoms with Crippen LogP contribution in [0.5, 0.6) is 5.75 Å². The molecule has 0 unspecified atom stereocenters. The minimum Gasteiger partial charge on any atom is -0.495 e. The van der Waals surface area contributed by atoms with E-state index in [4.69, 9.17) is 16.3 Å². The maximum atomic E-state index is 14.1. The van der Waals surface area contributed by atoms with E-state index in [9.17, 15) is 28.1 Å². The molecule has 0 aromatic heterocycles. The van der Waals surface area contributed by atoms with E-state index in [-0.39, 0.29) is 28.6 Å². The quantitative estimate of drug-likeness (QED) is 0.256. The third-order valence-corrected chi connectivity index (χ3v) is 8.66. The number of carbonyl (C=O) groups excluding carboxylic acids is 2. The first-order valence-corrected chi connectivity index (χ1v) is 14.3. The number of aryl methyl sites for hydroxylation is 2. The Labute approximate surface area is 243 Å². The molecule has 0 fully saturated rings. The van der Waals surface area contributed by atoms with E-state index < -0.39 is 49.9 Å². The summed E-state index contributed by atoms with van der Waals surface area (Å²) in [7, 11) is -1.83. The van der Waals surface area contributed by atoms with Gasteiger partial charge in [-0.05, 0) is 56.2 Å². The summed E-state index contributed by atoms with van der Waals surface area (Å²) in [6, 6.07) is 14.1. The SMILES string of the molecule is CNC(=O)[C@@H](C)N(Cc1ccccc1C)C(=O)CN(c1cc(Cl)ccc1OC)S(=O)(=O)c1ccc(C)c([N+](=O)[O-])c1. The van der Waals surface area contributed by atoms with Gasteiger partial charge in [-0.25, -0.2) is 8.42 Å². The van der Waals surface area contributed by atoms with Gasteiger partial charge in [-0.3, -0.25) is 24.0 Å². The predicted molar refractivity (Wildman–Crippen MR) is 156 cm³/mol. The van der Waals surface area contributed by atoms with Crippen molar-refractivity contribution in [3.8, 4) is 5.75 Å². The van der Waals surface area contributed by atoms with Crippen molar-refractivity contribution in [2.24, 2.45) is 0 Å². The molecule has 2 amide bonds. The predicted octanol–water partition coefficient (Wildman–Crippen LogP) is 4.23. The lowest BCUT2D eigenvalue weighted by molar-refractivity contribution is -0.385. The number of nitro benzene ring substituents is 1. The van der Waals surface area contributed by atoms with Crippen molar-refractivity contribution in [3.63, 3.8) is 0 Å². The lowest BCUT2D eigenvalue weighted by atomic mass is 10.1. The normalized spacial score (nSPS) is 11.9.